The molecule has 18 heavy (non-hydrogen) atoms. The first-order chi connectivity index (χ1) is 8.21. The van der Waals surface area contributed by atoms with E-state index in [1.165, 1.54) is 38.3 Å². The molecule has 0 aromatic heterocycles. The van der Waals surface area contributed by atoms with Crippen molar-refractivity contribution in [2.24, 2.45) is 5.92 Å². The second kappa shape index (κ2) is 6.56. The lowest BCUT2D eigenvalue weighted by atomic mass is 9.89. The Bertz CT molecular complexity index is 244. The van der Waals surface area contributed by atoms with E-state index in [0.717, 1.165) is 5.92 Å². The van der Waals surface area contributed by atoms with Gasteiger partial charge in [0.1, 0.15) is 0 Å². The molecule has 0 N–H and O–H groups in total. The zero-order valence-corrected chi connectivity index (χ0v) is 14.3. The Morgan fingerprint density at radius 3 is 1.83 bits per heavy atom. The number of hydrogen-bond donors (Lipinski definition) is 0. The third-order valence-corrected chi connectivity index (χ3v) is 7.78. The normalized spacial score (nSPS) is 19.9. The van der Waals surface area contributed by atoms with Gasteiger partial charge in [0, 0.05) is 0 Å². The van der Waals surface area contributed by atoms with Crippen molar-refractivity contribution in [3.05, 3.63) is 12.2 Å². The van der Waals surface area contributed by atoms with E-state index in [9.17, 15) is 0 Å². The molecule has 0 bridgehead atoms. The standard InChI is InChI=1S/C17H33P/c1-16(2,3)18(17(4,5)6)14-10-13-15-11-8-7-9-12-15/h10,13,15H,7-9,11-12,14H2,1-6H3. The number of rotatable bonds is 3. The summed E-state index contributed by atoms with van der Waals surface area (Å²) in [5, 5.41) is 0.926. The minimum absolute atomic E-state index is 0.0435. The maximum Gasteiger partial charge on any atom is -0.0135 e. The van der Waals surface area contributed by atoms with Crippen molar-refractivity contribution in [1.82, 2.24) is 0 Å². The van der Waals surface area contributed by atoms with Gasteiger partial charge in [0.05, 0.1) is 0 Å². The molecule has 1 saturated carbocycles. The van der Waals surface area contributed by atoms with Crippen LogP contribution >= 0.6 is 7.92 Å². The highest BCUT2D eigenvalue weighted by molar-refractivity contribution is 7.61. The molecule has 0 nitrogen and oxygen atoms in total. The Balaban J connectivity index is 2.54. The fourth-order valence-electron chi connectivity index (χ4n) is 3.24. The second-order valence-corrected chi connectivity index (χ2v) is 11.7. The molecule has 0 amide bonds. The van der Waals surface area contributed by atoms with Crippen LogP contribution in [-0.4, -0.2) is 16.5 Å². The van der Waals surface area contributed by atoms with Gasteiger partial charge in [0.25, 0.3) is 0 Å². The van der Waals surface area contributed by atoms with Crippen LogP contribution in [0.4, 0.5) is 0 Å². The van der Waals surface area contributed by atoms with E-state index in [-0.39, 0.29) is 7.92 Å². The maximum absolute atomic E-state index is 2.53. The first kappa shape index (κ1) is 16.2. The molecule has 1 aliphatic carbocycles. The van der Waals surface area contributed by atoms with Gasteiger partial charge in [-0.15, -0.1) is 0 Å². The topological polar surface area (TPSA) is 0 Å². The average molecular weight is 268 g/mol. The molecule has 0 heterocycles. The molecule has 0 saturated heterocycles. The van der Waals surface area contributed by atoms with Crippen molar-refractivity contribution in [3.8, 4) is 0 Å². The summed E-state index contributed by atoms with van der Waals surface area (Å²) >= 11 is 0. The third-order valence-electron chi connectivity index (χ3n) is 3.97. The number of hydrogen-bond acceptors (Lipinski definition) is 0. The largest absolute Gasteiger partial charge is 0.0918 e. The molecule has 0 aromatic carbocycles. The minimum Gasteiger partial charge on any atom is -0.0918 e. The van der Waals surface area contributed by atoms with E-state index in [0.29, 0.717) is 10.3 Å². The predicted molar refractivity (Wildman–Crippen MR) is 87.0 cm³/mol. The summed E-state index contributed by atoms with van der Waals surface area (Å²) in [4.78, 5) is 0. The van der Waals surface area contributed by atoms with Crippen LogP contribution in [0.25, 0.3) is 0 Å². The first-order valence-corrected chi connectivity index (χ1v) is 9.18. The van der Waals surface area contributed by atoms with Crippen LogP contribution in [0, 0.1) is 5.92 Å². The van der Waals surface area contributed by atoms with Crippen molar-refractivity contribution in [2.45, 2.75) is 84.0 Å². The minimum atomic E-state index is 0.0435. The van der Waals surface area contributed by atoms with Crippen LogP contribution in [0.3, 0.4) is 0 Å². The molecule has 0 spiro atoms. The predicted octanol–water partition coefficient (Wildman–Crippen LogP) is 6.20. The first-order valence-electron chi connectivity index (χ1n) is 7.65. The molecule has 1 heteroatoms. The SMILES string of the molecule is CC(C)(C)P(CC=CC1CCCCC1)C(C)(C)C. The van der Waals surface area contributed by atoms with Crippen molar-refractivity contribution in [1.29, 1.82) is 0 Å². The van der Waals surface area contributed by atoms with Crippen LogP contribution in [0.15, 0.2) is 12.2 Å². The van der Waals surface area contributed by atoms with Crippen LogP contribution in [-0.2, 0) is 0 Å². The van der Waals surface area contributed by atoms with Crippen molar-refractivity contribution < 1.29 is 0 Å². The monoisotopic (exact) mass is 268 g/mol. The Hall–Kier alpha value is 0.170. The summed E-state index contributed by atoms with van der Waals surface area (Å²) in [6, 6.07) is 0. The quantitative estimate of drug-likeness (QED) is 0.422. The lowest BCUT2D eigenvalue weighted by Gasteiger charge is -2.41. The van der Waals surface area contributed by atoms with E-state index in [4.69, 9.17) is 0 Å². The average Bonchev–Trinajstić information content (AvgIpc) is 2.22. The number of allylic oxidation sites excluding steroid dienone is 2. The van der Waals surface area contributed by atoms with Crippen molar-refractivity contribution in [3.63, 3.8) is 0 Å². The van der Waals surface area contributed by atoms with Crippen LogP contribution in [0.5, 0.6) is 0 Å². The van der Waals surface area contributed by atoms with Gasteiger partial charge in [-0.1, -0.05) is 80.9 Å². The zero-order chi connectivity index (χ0) is 13.8. The molecule has 0 radical (unpaired) electrons. The highest BCUT2D eigenvalue weighted by Gasteiger charge is 2.32. The Kier molecular flexibility index (Phi) is 5.91. The van der Waals surface area contributed by atoms with Crippen LogP contribution < -0.4 is 0 Å². The Morgan fingerprint density at radius 2 is 1.39 bits per heavy atom. The van der Waals surface area contributed by atoms with Crippen molar-refractivity contribution in [2.75, 3.05) is 6.16 Å². The Morgan fingerprint density at radius 1 is 0.889 bits per heavy atom. The van der Waals surface area contributed by atoms with E-state index in [1.807, 2.05) is 0 Å². The molecule has 0 aliphatic heterocycles. The van der Waals surface area contributed by atoms with Gasteiger partial charge in [-0.25, -0.2) is 0 Å². The van der Waals surface area contributed by atoms with E-state index in [2.05, 4.69) is 53.7 Å². The molecule has 106 valence electrons. The fourth-order valence-corrected chi connectivity index (χ4v) is 6.68. The van der Waals surface area contributed by atoms with E-state index < -0.39 is 0 Å². The third kappa shape index (κ3) is 5.43. The van der Waals surface area contributed by atoms with Gasteiger partial charge in [-0.05, 0) is 35.2 Å². The summed E-state index contributed by atoms with van der Waals surface area (Å²) in [7, 11) is 0.0435. The van der Waals surface area contributed by atoms with E-state index in [1.54, 1.807) is 0 Å². The summed E-state index contributed by atoms with van der Waals surface area (Å²) in [6.07, 6.45) is 13.6. The van der Waals surface area contributed by atoms with Crippen LogP contribution in [0.2, 0.25) is 0 Å². The molecular weight excluding hydrogens is 235 g/mol. The van der Waals surface area contributed by atoms with Crippen LogP contribution in [0.1, 0.15) is 73.6 Å². The molecule has 1 aliphatic rings. The highest BCUT2D eigenvalue weighted by atomic mass is 31.1. The zero-order valence-electron chi connectivity index (χ0n) is 13.4. The van der Waals surface area contributed by atoms with Gasteiger partial charge >= 0.3 is 0 Å². The molecule has 0 aromatic rings. The van der Waals surface area contributed by atoms with Gasteiger partial charge in [0.2, 0.25) is 0 Å². The highest BCUT2D eigenvalue weighted by Crippen LogP contribution is 2.59. The van der Waals surface area contributed by atoms with Gasteiger partial charge in [0.15, 0.2) is 0 Å². The van der Waals surface area contributed by atoms with Gasteiger partial charge < -0.3 is 0 Å². The summed E-state index contributed by atoms with van der Waals surface area (Å²) in [6.45, 7) is 14.5. The maximum atomic E-state index is 2.53. The second-order valence-electron chi connectivity index (χ2n) is 7.78. The Labute approximate surface area is 116 Å². The summed E-state index contributed by atoms with van der Waals surface area (Å²) in [5.74, 6) is 0.885. The molecule has 1 fully saturated rings. The molecule has 0 atom stereocenters. The van der Waals surface area contributed by atoms with Gasteiger partial charge in [-0.2, -0.15) is 0 Å². The lowest BCUT2D eigenvalue weighted by Crippen LogP contribution is -2.26. The fraction of sp³-hybridized carbons (Fsp3) is 0.882. The van der Waals surface area contributed by atoms with Gasteiger partial charge in [-0.3, -0.25) is 0 Å². The van der Waals surface area contributed by atoms with Crippen molar-refractivity contribution >= 4 is 7.92 Å². The summed E-state index contributed by atoms with van der Waals surface area (Å²) in [5.41, 5.74) is 0. The van der Waals surface area contributed by atoms with E-state index >= 15 is 0 Å². The molecule has 0 unspecified atom stereocenters. The smallest absolute Gasteiger partial charge is 0.0135 e. The lowest BCUT2D eigenvalue weighted by molar-refractivity contribution is 0.419. The molecular formula is C17H33P. The molecule has 1 rings (SSSR count). The summed E-state index contributed by atoms with van der Waals surface area (Å²) < 4.78 is 0.